The van der Waals surface area contributed by atoms with Gasteiger partial charge in [0.05, 0.1) is 46.6 Å². The quantitative estimate of drug-likeness (QED) is 0.232. The minimum atomic E-state index is 0.317. The van der Waals surface area contributed by atoms with Crippen LogP contribution in [0.5, 0.6) is 5.88 Å². The summed E-state index contributed by atoms with van der Waals surface area (Å²) in [4.78, 5) is 14.7. The Hall–Kier alpha value is -3.71. The molecule has 6 rings (SSSR count). The first kappa shape index (κ1) is 23.7. The van der Waals surface area contributed by atoms with Crippen molar-refractivity contribution in [2.45, 2.75) is 38.1 Å². The largest absolute Gasteiger partial charge is 0.480 e. The highest BCUT2D eigenvalue weighted by atomic mass is 79.9. The van der Waals surface area contributed by atoms with E-state index in [-0.39, 0.29) is 0 Å². The van der Waals surface area contributed by atoms with Gasteiger partial charge in [0.25, 0.3) is 0 Å². The first-order valence-electron chi connectivity index (χ1n) is 12.7. The van der Waals surface area contributed by atoms with Crippen LogP contribution >= 0.6 is 15.9 Å². The second-order valence-electron chi connectivity index (χ2n) is 9.38. The zero-order valence-corrected chi connectivity index (χ0v) is 22.3. The van der Waals surface area contributed by atoms with Gasteiger partial charge in [0.2, 0.25) is 5.88 Å². The lowest BCUT2D eigenvalue weighted by atomic mass is 9.96. The summed E-state index contributed by atoms with van der Waals surface area (Å²) in [7, 11) is 1.63. The summed E-state index contributed by atoms with van der Waals surface area (Å²) in [6.45, 7) is 0. The Morgan fingerprint density at radius 1 is 0.946 bits per heavy atom. The molecule has 1 saturated carbocycles. The smallest absolute Gasteiger partial charge is 0.237 e. The number of nitrogens with zero attached hydrogens (tertiary/aromatic N) is 4. The lowest BCUT2D eigenvalue weighted by molar-refractivity contribution is 0.400. The van der Waals surface area contributed by atoms with Gasteiger partial charge in [0.15, 0.2) is 0 Å². The van der Waals surface area contributed by atoms with Crippen LogP contribution in [0.2, 0.25) is 0 Å². The van der Waals surface area contributed by atoms with Gasteiger partial charge < -0.3 is 14.6 Å². The minimum absolute atomic E-state index is 0.317. The van der Waals surface area contributed by atoms with E-state index in [0.29, 0.717) is 11.9 Å². The number of pyridine rings is 1. The standard InChI is InChI=1S/C30H28BrN5O/c1-37-30-24(11-7-17-32-30)35-25-18-27-29(19-26(25)33-21-8-3-2-4-9-21)36(22-15-13-20(31)14-16-22)28-12-6-5-10-23(28)34-27/h5-7,10-19,21,35H,2-4,8-9H2,1H3. The Balaban J connectivity index is 1.62. The number of rotatable bonds is 5. The van der Waals surface area contributed by atoms with Crippen molar-refractivity contribution >= 4 is 38.3 Å². The predicted molar refractivity (Wildman–Crippen MR) is 152 cm³/mol. The minimum Gasteiger partial charge on any atom is -0.480 e. The van der Waals surface area contributed by atoms with E-state index in [4.69, 9.17) is 14.7 Å². The van der Waals surface area contributed by atoms with Crippen molar-refractivity contribution in [3.63, 3.8) is 0 Å². The molecular weight excluding hydrogens is 526 g/mol. The summed E-state index contributed by atoms with van der Waals surface area (Å²) >= 11 is 3.58. The van der Waals surface area contributed by atoms with Crippen LogP contribution in [0.15, 0.2) is 88.5 Å². The number of benzene rings is 3. The average Bonchev–Trinajstić information content (AvgIpc) is 2.94. The SMILES string of the molecule is COc1ncccc1Nc1cc2nc3ccccc3n(-c3ccc(Br)cc3)c-2cc1=NC1CCCCC1. The molecule has 2 heterocycles. The van der Waals surface area contributed by atoms with E-state index in [1.54, 1.807) is 13.3 Å². The molecule has 0 atom stereocenters. The number of hydrogen-bond acceptors (Lipinski definition) is 5. The molecule has 0 bridgehead atoms. The molecule has 2 aliphatic carbocycles. The van der Waals surface area contributed by atoms with Crippen molar-refractivity contribution in [1.29, 1.82) is 0 Å². The molecule has 3 aliphatic rings. The second-order valence-corrected chi connectivity index (χ2v) is 10.3. The number of hydrogen-bond donors (Lipinski definition) is 1. The van der Waals surface area contributed by atoms with Crippen molar-refractivity contribution in [3.8, 4) is 23.0 Å². The fourth-order valence-corrected chi connectivity index (χ4v) is 5.38. The van der Waals surface area contributed by atoms with E-state index in [9.17, 15) is 0 Å². The molecule has 6 nitrogen and oxygen atoms in total. The number of anilines is 2. The van der Waals surface area contributed by atoms with Gasteiger partial charge in [-0.1, -0.05) is 47.3 Å². The van der Waals surface area contributed by atoms with Gasteiger partial charge in [0.1, 0.15) is 5.69 Å². The van der Waals surface area contributed by atoms with Crippen molar-refractivity contribution in [3.05, 3.63) is 88.8 Å². The molecule has 0 amide bonds. The molecule has 1 fully saturated rings. The Labute approximate surface area is 224 Å². The van der Waals surface area contributed by atoms with Crippen LogP contribution in [0.4, 0.5) is 11.4 Å². The first-order valence-corrected chi connectivity index (χ1v) is 13.5. The van der Waals surface area contributed by atoms with Crippen LogP contribution in [0.25, 0.3) is 28.1 Å². The molecule has 0 saturated heterocycles. The summed E-state index contributed by atoms with van der Waals surface area (Å²) in [5, 5.41) is 4.48. The lowest BCUT2D eigenvalue weighted by Crippen LogP contribution is -2.19. The Morgan fingerprint density at radius 3 is 2.57 bits per heavy atom. The highest BCUT2D eigenvalue weighted by Gasteiger charge is 2.19. The predicted octanol–water partition coefficient (Wildman–Crippen LogP) is 7.27. The zero-order chi connectivity index (χ0) is 25.2. The maximum atomic E-state index is 5.51. The van der Waals surface area contributed by atoms with Crippen molar-refractivity contribution in [2.24, 2.45) is 4.99 Å². The molecule has 1 N–H and O–H groups in total. The van der Waals surface area contributed by atoms with Gasteiger partial charge in [-0.3, -0.25) is 4.99 Å². The third kappa shape index (κ3) is 4.83. The Morgan fingerprint density at radius 2 is 1.76 bits per heavy atom. The Kier molecular flexibility index (Phi) is 6.62. The molecule has 3 aromatic rings. The summed E-state index contributed by atoms with van der Waals surface area (Å²) in [5.41, 5.74) is 6.65. The average molecular weight is 554 g/mol. The first-order chi connectivity index (χ1) is 18.2. The van der Waals surface area contributed by atoms with Gasteiger partial charge in [0, 0.05) is 16.4 Å². The van der Waals surface area contributed by atoms with Crippen LogP contribution in [-0.4, -0.2) is 27.7 Å². The van der Waals surface area contributed by atoms with E-state index in [1.165, 1.54) is 19.3 Å². The summed E-state index contributed by atoms with van der Waals surface area (Å²) in [5.74, 6) is 0.544. The highest BCUT2D eigenvalue weighted by molar-refractivity contribution is 9.10. The molecule has 37 heavy (non-hydrogen) atoms. The fraction of sp³-hybridized carbons (Fsp3) is 0.233. The van der Waals surface area contributed by atoms with E-state index < -0.39 is 0 Å². The van der Waals surface area contributed by atoms with Gasteiger partial charge in [-0.05, 0) is 73.5 Å². The van der Waals surface area contributed by atoms with Gasteiger partial charge >= 0.3 is 0 Å². The molecule has 7 heteroatoms. The molecule has 2 aromatic carbocycles. The number of para-hydroxylation sites is 2. The lowest BCUT2D eigenvalue weighted by Gasteiger charge is -2.22. The van der Waals surface area contributed by atoms with Crippen LogP contribution in [-0.2, 0) is 0 Å². The summed E-state index contributed by atoms with van der Waals surface area (Å²) in [6, 6.07) is 25.1. The fourth-order valence-electron chi connectivity index (χ4n) is 5.12. The molecule has 186 valence electrons. The normalized spacial score (nSPS) is 14.8. The van der Waals surface area contributed by atoms with E-state index in [0.717, 1.165) is 62.2 Å². The van der Waals surface area contributed by atoms with E-state index >= 15 is 0 Å². The van der Waals surface area contributed by atoms with Crippen LogP contribution < -0.4 is 15.4 Å². The highest BCUT2D eigenvalue weighted by Crippen LogP contribution is 2.32. The molecule has 0 unspecified atom stereocenters. The van der Waals surface area contributed by atoms with Crippen molar-refractivity contribution in [2.75, 3.05) is 12.4 Å². The molecule has 1 aromatic heterocycles. The monoisotopic (exact) mass is 553 g/mol. The maximum Gasteiger partial charge on any atom is 0.237 e. The van der Waals surface area contributed by atoms with Gasteiger partial charge in [-0.25, -0.2) is 9.97 Å². The number of nitrogens with one attached hydrogen (secondary N) is 1. The van der Waals surface area contributed by atoms with Crippen molar-refractivity contribution in [1.82, 2.24) is 14.5 Å². The third-order valence-corrected chi connectivity index (χ3v) is 7.44. The van der Waals surface area contributed by atoms with Gasteiger partial charge in [-0.2, -0.15) is 0 Å². The summed E-state index contributed by atoms with van der Waals surface area (Å²) < 4.78 is 8.83. The van der Waals surface area contributed by atoms with Gasteiger partial charge in [-0.15, -0.1) is 0 Å². The zero-order valence-electron chi connectivity index (χ0n) is 20.7. The van der Waals surface area contributed by atoms with Crippen LogP contribution in [0, 0.1) is 0 Å². The number of ether oxygens (including phenoxy) is 1. The number of fused-ring (bicyclic) bond motifs is 2. The molecule has 0 radical (unpaired) electrons. The Bertz CT molecular complexity index is 1590. The maximum absolute atomic E-state index is 5.51. The third-order valence-electron chi connectivity index (χ3n) is 6.91. The van der Waals surface area contributed by atoms with E-state index in [1.807, 2.05) is 18.2 Å². The molecule has 0 spiro atoms. The van der Waals surface area contributed by atoms with Crippen molar-refractivity contribution < 1.29 is 4.74 Å². The van der Waals surface area contributed by atoms with E-state index in [2.05, 4.69) is 85.4 Å². The van der Waals surface area contributed by atoms with Crippen LogP contribution in [0.1, 0.15) is 32.1 Å². The number of halogens is 1. The van der Waals surface area contributed by atoms with Crippen LogP contribution in [0.3, 0.4) is 0 Å². The topological polar surface area (TPSA) is 64.3 Å². The number of aromatic nitrogens is 3. The second kappa shape index (κ2) is 10.3. The molecule has 1 aliphatic heterocycles. The molecular formula is C30H28BrN5O. The number of methoxy groups -OCH3 is 1. The summed E-state index contributed by atoms with van der Waals surface area (Å²) in [6.07, 6.45) is 7.72.